The van der Waals surface area contributed by atoms with E-state index in [-0.39, 0.29) is 0 Å². The minimum Gasteiger partial charge on any atom is -0.478 e. The van der Waals surface area contributed by atoms with Crippen LogP contribution in [-0.2, 0) is 47.8 Å². The second-order valence-electron chi connectivity index (χ2n) is 4.17. The highest BCUT2D eigenvalue weighted by Gasteiger charge is 2.08. The van der Waals surface area contributed by atoms with Crippen LogP contribution in [0.3, 0.4) is 0 Å². The van der Waals surface area contributed by atoms with Crippen molar-refractivity contribution >= 4 is 47.8 Å². The molecule has 30 heavy (non-hydrogen) atoms. The first-order valence-electron chi connectivity index (χ1n) is 6.99. The lowest BCUT2D eigenvalue weighted by molar-refractivity contribution is -0.155. The summed E-state index contributed by atoms with van der Waals surface area (Å²) >= 11 is 0. The zero-order valence-electron chi connectivity index (χ0n) is 14.5. The van der Waals surface area contributed by atoms with Crippen molar-refractivity contribution in [2.45, 2.75) is 0 Å². The molecule has 0 fully saturated rings. The predicted molar refractivity (Wildman–Crippen MR) is 89.3 cm³/mol. The minimum atomic E-state index is -1.43. The number of carboxylic acid groups (broad SMARTS) is 4. The molecule has 0 aliphatic rings. The maximum absolute atomic E-state index is 11.0. The molecule has 0 aliphatic carbocycles. The van der Waals surface area contributed by atoms with Gasteiger partial charge >= 0.3 is 47.8 Å². The Morgan fingerprint density at radius 3 is 0.733 bits per heavy atom. The summed E-state index contributed by atoms with van der Waals surface area (Å²) in [5.41, 5.74) is 0. The molecule has 0 aromatic carbocycles. The van der Waals surface area contributed by atoms with Gasteiger partial charge in [-0.3, -0.25) is 0 Å². The van der Waals surface area contributed by atoms with Crippen LogP contribution in [0.25, 0.3) is 0 Å². The van der Waals surface area contributed by atoms with Crippen molar-refractivity contribution < 1.29 is 68.3 Å². The van der Waals surface area contributed by atoms with E-state index >= 15 is 0 Å². The van der Waals surface area contributed by atoms with E-state index in [0.29, 0.717) is 48.6 Å². The van der Waals surface area contributed by atoms with Crippen molar-refractivity contribution in [1.82, 2.24) is 0 Å². The van der Waals surface area contributed by atoms with Crippen molar-refractivity contribution in [3.63, 3.8) is 0 Å². The molecule has 0 bridgehead atoms. The number of hydrogen-bond acceptors (Lipinski definition) is 10. The molecule has 0 atom stereocenters. The van der Waals surface area contributed by atoms with Crippen LogP contribution in [0.5, 0.6) is 0 Å². The van der Waals surface area contributed by atoms with E-state index in [9.17, 15) is 38.4 Å². The zero-order chi connectivity index (χ0) is 23.7. The Labute approximate surface area is 165 Å². The van der Waals surface area contributed by atoms with Crippen molar-refractivity contribution in [1.29, 1.82) is 0 Å². The maximum Gasteiger partial charge on any atom is 0.338 e. The summed E-state index contributed by atoms with van der Waals surface area (Å²) in [4.78, 5) is 83.0. The van der Waals surface area contributed by atoms with Gasteiger partial charge in [-0.05, 0) is 0 Å². The Bertz CT molecular complexity index is 772. The fraction of sp³-hybridized carbons (Fsp3) is 0. The molecule has 0 rings (SSSR count). The summed E-state index contributed by atoms with van der Waals surface area (Å²) < 4.78 is 8.07. The van der Waals surface area contributed by atoms with Gasteiger partial charge in [0.25, 0.3) is 0 Å². The highest BCUT2D eigenvalue weighted by Crippen LogP contribution is 1.90. The lowest BCUT2D eigenvalue weighted by atomic mass is 10.4. The van der Waals surface area contributed by atoms with Crippen molar-refractivity contribution in [3.8, 4) is 0 Å². The van der Waals surface area contributed by atoms with E-state index in [1.807, 2.05) is 0 Å². The summed E-state index contributed by atoms with van der Waals surface area (Å²) in [6.07, 6.45) is 3.80. The van der Waals surface area contributed by atoms with Gasteiger partial charge in [-0.25, -0.2) is 38.4 Å². The highest BCUT2D eigenvalue weighted by atomic mass is 16.6. The minimum absolute atomic E-state index is 0.432. The molecule has 0 aromatic rings. The maximum atomic E-state index is 11.0. The molecule has 14 nitrogen and oxygen atoms in total. The third-order valence-electron chi connectivity index (χ3n) is 1.85. The average molecular weight is 428 g/mol. The van der Waals surface area contributed by atoms with Crippen LogP contribution < -0.4 is 0 Å². The van der Waals surface area contributed by atoms with E-state index in [1.54, 1.807) is 0 Å². The van der Waals surface area contributed by atoms with Crippen LogP contribution in [0.15, 0.2) is 48.6 Å². The molecule has 160 valence electrons. The zero-order valence-corrected chi connectivity index (χ0v) is 14.5. The second kappa shape index (κ2) is 15.2. The summed E-state index contributed by atoms with van der Waals surface area (Å²) in [6.45, 7) is 0. The SMILES string of the molecule is O=C(O)/C=C\C(=O)O.O=C(O)/C=C\C(=O)OC(=O)/C=C\C(=O)OC(=O)/C=C\C(=O)O. The quantitative estimate of drug-likeness (QED) is 0.199. The van der Waals surface area contributed by atoms with Gasteiger partial charge < -0.3 is 29.9 Å². The number of rotatable bonds is 8. The van der Waals surface area contributed by atoms with Crippen LogP contribution in [-0.4, -0.2) is 68.2 Å². The average Bonchev–Trinajstić information content (AvgIpc) is 2.62. The van der Waals surface area contributed by atoms with Crippen LogP contribution in [0.2, 0.25) is 0 Å². The van der Waals surface area contributed by atoms with E-state index in [4.69, 9.17) is 20.4 Å². The Morgan fingerprint density at radius 1 is 0.367 bits per heavy atom. The molecule has 0 saturated carbocycles. The molecule has 0 aliphatic heterocycles. The number of ether oxygens (including phenoxy) is 2. The number of carboxylic acids is 4. The number of esters is 4. The smallest absolute Gasteiger partial charge is 0.338 e. The third-order valence-corrected chi connectivity index (χ3v) is 1.85. The monoisotopic (exact) mass is 428 g/mol. The topological polar surface area (TPSA) is 236 Å². The predicted octanol–water partition coefficient (Wildman–Crippen LogP) is -1.32. The van der Waals surface area contributed by atoms with Gasteiger partial charge in [0.15, 0.2) is 0 Å². The fourth-order valence-corrected chi connectivity index (χ4v) is 0.892. The molecule has 0 spiro atoms. The molecular weight excluding hydrogens is 416 g/mol. The molecule has 0 radical (unpaired) electrons. The number of aliphatic carboxylic acids is 4. The van der Waals surface area contributed by atoms with Crippen LogP contribution in [0, 0.1) is 0 Å². The van der Waals surface area contributed by atoms with Crippen LogP contribution in [0.1, 0.15) is 0 Å². The standard InChI is InChI=1S/C12H8O10.C4H4O4/c13-7(14)1-3-9(17)21-11(19)5-6-12(20)22-10(18)4-2-8(15)16;5-3(6)1-2-4(7)8/h1-6H,(H,13,14)(H,15,16);1-2H,(H,5,6)(H,7,8)/b3-1-,4-2-,6-5-;2-1-. The molecule has 0 amide bonds. The normalized spacial score (nSPS) is 10.4. The first-order valence-corrected chi connectivity index (χ1v) is 6.99. The van der Waals surface area contributed by atoms with E-state index in [2.05, 4.69) is 9.47 Å². The van der Waals surface area contributed by atoms with Crippen LogP contribution in [0.4, 0.5) is 0 Å². The Hall–Kier alpha value is -4.88. The number of hydrogen-bond donors (Lipinski definition) is 4. The Balaban J connectivity index is 0. The molecule has 0 aromatic heterocycles. The lowest BCUT2D eigenvalue weighted by Gasteiger charge is -1.95. The fourth-order valence-electron chi connectivity index (χ4n) is 0.892. The Kier molecular flexibility index (Phi) is 13.9. The summed E-state index contributed by atoms with van der Waals surface area (Å²) in [6, 6.07) is 0. The molecule has 0 saturated heterocycles. The first kappa shape index (κ1) is 27.3. The van der Waals surface area contributed by atoms with Crippen LogP contribution >= 0.6 is 0 Å². The number of carbonyl (C=O) groups excluding carboxylic acids is 4. The van der Waals surface area contributed by atoms with E-state index in [1.165, 1.54) is 0 Å². The molecule has 4 N–H and O–H groups in total. The molecule has 0 heterocycles. The molecule has 0 unspecified atom stereocenters. The third kappa shape index (κ3) is 21.2. The number of carbonyl (C=O) groups is 8. The van der Waals surface area contributed by atoms with Gasteiger partial charge in [-0.15, -0.1) is 0 Å². The van der Waals surface area contributed by atoms with E-state index < -0.39 is 47.8 Å². The Morgan fingerprint density at radius 2 is 0.533 bits per heavy atom. The van der Waals surface area contributed by atoms with Gasteiger partial charge in [0.2, 0.25) is 0 Å². The summed E-state index contributed by atoms with van der Waals surface area (Å²) in [5, 5.41) is 32.0. The second-order valence-corrected chi connectivity index (χ2v) is 4.17. The van der Waals surface area contributed by atoms with Gasteiger partial charge in [0.1, 0.15) is 0 Å². The van der Waals surface area contributed by atoms with Crippen molar-refractivity contribution in [2.24, 2.45) is 0 Å². The van der Waals surface area contributed by atoms with Gasteiger partial charge in [-0.2, -0.15) is 0 Å². The summed E-state index contributed by atoms with van der Waals surface area (Å²) in [5.74, 6) is -10.6. The lowest BCUT2D eigenvalue weighted by Crippen LogP contribution is -2.11. The summed E-state index contributed by atoms with van der Waals surface area (Å²) in [7, 11) is 0. The van der Waals surface area contributed by atoms with Crippen molar-refractivity contribution in [3.05, 3.63) is 48.6 Å². The highest BCUT2D eigenvalue weighted by molar-refractivity contribution is 6.03. The molecular formula is C16H12O14. The van der Waals surface area contributed by atoms with Gasteiger partial charge in [0, 0.05) is 48.6 Å². The van der Waals surface area contributed by atoms with Crippen molar-refractivity contribution in [2.75, 3.05) is 0 Å². The first-order chi connectivity index (χ1) is 13.8. The van der Waals surface area contributed by atoms with E-state index in [0.717, 1.165) is 0 Å². The molecule has 14 heteroatoms. The van der Waals surface area contributed by atoms with Gasteiger partial charge in [0.05, 0.1) is 0 Å². The largest absolute Gasteiger partial charge is 0.478 e. The van der Waals surface area contributed by atoms with Gasteiger partial charge in [-0.1, -0.05) is 0 Å².